The molecule has 1 amide bonds. The number of fused-ring (bicyclic) bond motifs is 1. The lowest BCUT2D eigenvalue weighted by molar-refractivity contribution is -0.114. The Bertz CT molecular complexity index is 858. The van der Waals surface area contributed by atoms with Gasteiger partial charge in [0.05, 0.1) is 28.7 Å². The molecule has 6 nitrogen and oxygen atoms in total. The van der Waals surface area contributed by atoms with E-state index in [0.29, 0.717) is 11.2 Å². The van der Waals surface area contributed by atoms with Gasteiger partial charge < -0.3 is 0 Å². The molecule has 0 unspecified atom stereocenters. The van der Waals surface area contributed by atoms with Gasteiger partial charge in [-0.2, -0.15) is 0 Å². The molecule has 0 aliphatic heterocycles. The Kier molecular flexibility index (Phi) is 4.38. The molecule has 0 spiro atoms. The summed E-state index contributed by atoms with van der Waals surface area (Å²) in [4.78, 5) is 20.3. The summed E-state index contributed by atoms with van der Waals surface area (Å²) in [5.74, 6) is -0.475. The lowest BCUT2D eigenvalue weighted by Crippen LogP contribution is -2.35. The van der Waals surface area contributed by atoms with E-state index in [4.69, 9.17) is 0 Å². The molecule has 23 heavy (non-hydrogen) atoms. The molecule has 7 heteroatoms. The van der Waals surface area contributed by atoms with Crippen molar-refractivity contribution in [3.63, 3.8) is 0 Å². The van der Waals surface area contributed by atoms with Crippen molar-refractivity contribution >= 4 is 33.0 Å². The second kappa shape index (κ2) is 6.45. The van der Waals surface area contributed by atoms with E-state index in [1.54, 1.807) is 0 Å². The highest BCUT2D eigenvalue weighted by Gasteiger charge is 2.25. The summed E-state index contributed by atoms with van der Waals surface area (Å²) in [5, 5.41) is 0. The van der Waals surface area contributed by atoms with Crippen molar-refractivity contribution in [1.29, 1.82) is 0 Å². The van der Waals surface area contributed by atoms with Crippen LogP contribution in [0.4, 0.5) is 0 Å². The van der Waals surface area contributed by atoms with E-state index in [1.165, 1.54) is 12.3 Å². The van der Waals surface area contributed by atoms with E-state index in [-0.39, 0.29) is 11.7 Å². The van der Waals surface area contributed by atoms with Crippen LogP contribution in [0.3, 0.4) is 0 Å². The molecule has 0 atom stereocenters. The summed E-state index contributed by atoms with van der Waals surface area (Å²) in [5.41, 5.74) is 1.97. The van der Waals surface area contributed by atoms with E-state index in [1.807, 2.05) is 24.3 Å². The molecule has 1 aromatic heterocycles. The quantitative estimate of drug-likeness (QED) is 0.845. The molecule has 2 aromatic rings. The summed E-state index contributed by atoms with van der Waals surface area (Å²) in [6.45, 7) is 0. The van der Waals surface area contributed by atoms with Gasteiger partial charge in [0.2, 0.25) is 10.0 Å². The van der Waals surface area contributed by atoms with Gasteiger partial charge in [0.25, 0.3) is 5.91 Å². The number of nitrogens with zero attached hydrogens (tertiary/aromatic N) is 2. The fourth-order valence-electron chi connectivity index (χ4n) is 2.41. The first-order valence-electron chi connectivity index (χ1n) is 7.46. The molecular weight excluding hydrogens is 314 g/mol. The second-order valence-electron chi connectivity index (χ2n) is 5.66. The van der Waals surface area contributed by atoms with Crippen molar-refractivity contribution in [2.45, 2.75) is 19.3 Å². The number of benzene rings is 1. The molecule has 0 saturated heterocycles. The molecule has 1 fully saturated rings. The number of amides is 1. The zero-order valence-electron chi connectivity index (χ0n) is 12.5. The number of para-hydroxylation sites is 2. The van der Waals surface area contributed by atoms with E-state index in [9.17, 15) is 13.2 Å². The summed E-state index contributed by atoms with van der Waals surface area (Å²) in [6, 6.07) is 7.38. The van der Waals surface area contributed by atoms with Crippen molar-refractivity contribution in [1.82, 2.24) is 14.7 Å². The topological polar surface area (TPSA) is 89.0 Å². The van der Waals surface area contributed by atoms with Gasteiger partial charge in [-0.05, 0) is 37.0 Å². The Morgan fingerprint density at radius 1 is 1.26 bits per heavy atom. The van der Waals surface area contributed by atoms with Gasteiger partial charge in [0, 0.05) is 6.08 Å². The molecule has 3 rings (SSSR count). The van der Waals surface area contributed by atoms with Gasteiger partial charge in [-0.25, -0.2) is 18.1 Å². The average molecular weight is 331 g/mol. The Hall–Kier alpha value is -2.28. The van der Waals surface area contributed by atoms with Crippen LogP contribution in [0.1, 0.15) is 25.0 Å². The lowest BCUT2D eigenvalue weighted by Gasteiger charge is -2.24. The zero-order valence-corrected chi connectivity index (χ0v) is 13.3. The third-order valence-electron chi connectivity index (χ3n) is 3.81. The number of aromatic nitrogens is 2. The maximum absolute atomic E-state index is 11.8. The largest absolute Gasteiger partial charge is 0.269 e. The fraction of sp³-hybridized carbons (Fsp3) is 0.312. The van der Waals surface area contributed by atoms with Gasteiger partial charge in [0.15, 0.2) is 0 Å². The standard InChI is InChI=1S/C16H17N3O3S/c20-16(19-23(21,22)11-12-4-3-5-12)9-8-13-10-17-14-6-1-2-7-15(14)18-13/h1-2,6-10,12H,3-5,11H2,(H,19,20). The normalized spacial score (nSPS) is 15.7. The summed E-state index contributed by atoms with van der Waals surface area (Å²) in [6.07, 6.45) is 7.05. The predicted octanol–water partition coefficient (Wildman–Crippen LogP) is 1.89. The highest BCUT2D eigenvalue weighted by molar-refractivity contribution is 7.90. The summed E-state index contributed by atoms with van der Waals surface area (Å²) >= 11 is 0. The average Bonchev–Trinajstić information content (AvgIpc) is 2.48. The van der Waals surface area contributed by atoms with Crippen molar-refractivity contribution in [3.8, 4) is 0 Å². The molecule has 0 bridgehead atoms. The van der Waals surface area contributed by atoms with E-state index in [0.717, 1.165) is 30.9 Å². The van der Waals surface area contributed by atoms with Gasteiger partial charge >= 0.3 is 0 Å². The molecule has 1 aromatic carbocycles. The number of hydrogen-bond acceptors (Lipinski definition) is 5. The van der Waals surface area contributed by atoms with Crippen molar-refractivity contribution in [3.05, 3.63) is 42.2 Å². The number of sulfonamides is 1. The highest BCUT2D eigenvalue weighted by atomic mass is 32.2. The summed E-state index contributed by atoms with van der Waals surface area (Å²) in [7, 11) is -3.57. The first-order chi connectivity index (χ1) is 11.0. The monoisotopic (exact) mass is 331 g/mol. The molecule has 1 saturated carbocycles. The molecule has 1 N–H and O–H groups in total. The molecular formula is C16H17N3O3S. The minimum absolute atomic E-state index is 0.0162. The van der Waals surface area contributed by atoms with Crippen LogP contribution in [-0.2, 0) is 14.8 Å². The smallest absolute Gasteiger partial charge is 0.257 e. The first kappa shape index (κ1) is 15.6. The number of rotatable bonds is 5. The van der Waals surface area contributed by atoms with Crippen LogP contribution in [0.5, 0.6) is 0 Å². The minimum Gasteiger partial charge on any atom is -0.269 e. The second-order valence-corrected chi connectivity index (χ2v) is 7.43. The van der Waals surface area contributed by atoms with Crippen molar-refractivity contribution in [2.24, 2.45) is 5.92 Å². The predicted molar refractivity (Wildman–Crippen MR) is 87.8 cm³/mol. The summed E-state index contributed by atoms with van der Waals surface area (Å²) < 4.78 is 25.7. The lowest BCUT2D eigenvalue weighted by atomic mass is 9.87. The van der Waals surface area contributed by atoms with Gasteiger partial charge in [0.1, 0.15) is 0 Å². The molecule has 1 aliphatic carbocycles. The van der Waals surface area contributed by atoms with Crippen LogP contribution in [0.2, 0.25) is 0 Å². The highest BCUT2D eigenvalue weighted by Crippen LogP contribution is 2.27. The number of hydrogen-bond donors (Lipinski definition) is 1. The molecule has 1 heterocycles. The fourth-order valence-corrected chi connectivity index (χ4v) is 3.82. The van der Waals surface area contributed by atoms with Gasteiger partial charge in [-0.3, -0.25) is 9.78 Å². The zero-order chi connectivity index (χ0) is 16.3. The Labute approximate surface area is 134 Å². The minimum atomic E-state index is -3.57. The SMILES string of the molecule is O=C(C=Cc1cnc2ccccc2n1)NS(=O)(=O)CC1CCC1. The van der Waals surface area contributed by atoms with E-state index < -0.39 is 15.9 Å². The molecule has 1 aliphatic rings. The third kappa shape index (κ3) is 4.13. The number of nitrogens with one attached hydrogen (secondary N) is 1. The number of carbonyl (C=O) groups is 1. The Morgan fingerprint density at radius 2 is 2.00 bits per heavy atom. The van der Waals surface area contributed by atoms with Gasteiger partial charge in [-0.1, -0.05) is 18.6 Å². The van der Waals surface area contributed by atoms with Crippen molar-refractivity contribution in [2.75, 3.05) is 5.75 Å². The van der Waals surface area contributed by atoms with Crippen LogP contribution in [-0.4, -0.2) is 30.0 Å². The molecule has 0 radical (unpaired) electrons. The van der Waals surface area contributed by atoms with Gasteiger partial charge in [-0.15, -0.1) is 0 Å². The van der Waals surface area contributed by atoms with Crippen molar-refractivity contribution < 1.29 is 13.2 Å². The first-order valence-corrected chi connectivity index (χ1v) is 9.11. The maximum atomic E-state index is 11.8. The van der Waals surface area contributed by atoms with Crippen LogP contribution in [0.15, 0.2) is 36.5 Å². The van der Waals surface area contributed by atoms with Crippen LogP contribution >= 0.6 is 0 Å². The van der Waals surface area contributed by atoms with Crippen LogP contribution in [0.25, 0.3) is 17.1 Å². The Morgan fingerprint density at radius 3 is 2.70 bits per heavy atom. The number of carbonyl (C=O) groups excluding carboxylic acids is 1. The van der Waals surface area contributed by atoms with E-state index in [2.05, 4.69) is 14.7 Å². The maximum Gasteiger partial charge on any atom is 0.257 e. The third-order valence-corrected chi connectivity index (χ3v) is 5.23. The molecule has 120 valence electrons. The van der Waals surface area contributed by atoms with Crippen LogP contribution in [0, 0.1) is 5.92 Å². The van der Waals surface area contributed by atoms with E-state index >= 15 is 0 Å². The van der Waals surface area contributed by atoms with Crippen LogP contribution < -0.4 is 4.72 Å². The Balaban J connectivity index is 1.64.